The molecule has 0 aliphatic heterocycles. The van der Waals surface area contributed by atoms with Crippen molar-refractivity contribution in [1.29, 1.82) is 0 Å². The van der Waals surface area contributed by atoms with Gasteiger partial charge in [-0.1, -0.05) is 134 Å². The van der Waals surface area contributed by atoms with Gasteiger partial charge >= 0.3 is 23.9 Å². The van der Waals surface area contributed by atoms with Crippen LogP contribution in [-0.2, 0) is 40.1 Å². The van der Waals surface area contributed by atoms with Crippen LogP contribution in [-0.4, -0.2) is 147 Å². The smallest absolute Gasteiger partial charge is 0.379 e. The Morgan fingerprint density at radius 3 is 1.63 bits per heavy atom. The summed E-state index contributed by atoms with van der Waals surface area (Å²) < 4.78 is 25.7. The number of pyridine rings is 1. The Morgan fingerprint density at radius 2 is 1.13 bits per heavy atom. The molecule has 0 saturated heterocycles. The van der Waals surface area contributed by atoms with E-state index < -0.39 is 43.8 Å². The molecule has 438 valence electrons. The van der Waals surface area contributed by atoms with E-state index in [2.05, 4.69) is 78.2 Å². The maximum atomic E-state index is 11.9. The number of ketones is 1. The second kappa shape index (κ2) is 33.0. The van der Waals surface area contributed by atoms with Gasteiger partial charge in [-0.3, -0.25) is 29.1 Å². The van der Waals surface area contributed by atoms with Crippen molar-refractivity contribution in [3.05, 3.63) is 169 Å². The van der Waals surface area contributed by atoms with Crippen molar-refractivity contribution < 1.29 is 53.1 Å². The third kappa shape index (κ3) is 20.5. The minimum absolute atomic E-state index is 0.207. The van der Waals surface area contributed by atoms with E-state index >= 15 is 0 Å². The van der Waals surface area contributed by atoms with Crippen LogP contribution in [0.1, 0.15) is 59.0 Å². The van der Waals surface area contributed by atoms with Crippen molar-refractivity contribution in [3.63, 3.8) is 0 Å². The largest absolute Gasteiger partial charge is 0.496 e. The maximum absolute atomic E-state index is 11.9. The lowest BCUT2D eigenvalue weighted by Gasteiger charge is -2.22. The fourth-order valence-electron chi connectivity index (χ4n) is 8.25. The first-order valence-electron chi connectivity index (χ1n) is 26.1. The number of ether oxygens (including phenoxy) is 4. The summed E-state index contributed by atoms with van der Waals surface area (Å²) in [6.07, 6.45) is 1.80. The predicted molar refractivity (Wildman–Crippen MR) is 334 cm³/mol. The quantitative estimate of drug-likeness (QED) is 0.0226. The standard InChI is InChI=1S/C29H36N4O4Si.C12H16BrNO2.C10H12BrNO2.C10H9BrO3/c1-32(2)27(29(34)35)21-11-9-10-20(16-21)22-17-24-26(23-12-7-8-13-25(23)36-3)31-33(28(24)30-18-22)19-37-14-15-38(4,5)6;1-4-16-12(15)11(14(2)3)9-6-5-7-10(13)8-9;1-12(2)9(10(13)14)7-4-3-5-8(11)6-7;1-2-14-10(13)9(12)7-4-3-5-8(11)6-7/h7-13,16-18,27H,14-15,19H2,1-6H3,(H,34,35);5-8,11H,4H2,1-3H3;3-6,9H,1-2H3,(H,13,14);3-6H,2H2,1H3. The summed E-state index contributed by atoms with van der Waals surface area (Å²) in [6, 6.07) is 38.5. The monoisotopic (exact) mass is 1330 g/mol. The molecule has 2 aromatic heterocycles. The molecule has 0 bridgehead atoms. The fourth-order valence-corrected chi connectivity index (χ4v) is 10.2. The molecule has 0 radical (unpaired) electrons. The third-order valence-corrected chi connectivity index (χ3v) is 15.3. The number of carboxylic acids is 2. The number of Topliss-reactive ketones (excluding diaryl/α,β-unsaturated/α-hetero) is 1. The third-order valence-electron chi connectivity index (χ3n) is 12.1. The number of para-hydroxylation sites is 1. The highest BCUT2D eigenvalue weighted by molar-refractivity contribution is 9.11. The van der Waals surface area contributed by atoms with Crippen LogP contribution in [0.3, 0.4) is 0 Å². The molecule has 2 heterocycles. The summed E-state index contributed by atoms with van der Waals surface area (Å²) in [5.74, 6) is -2.66. The summed E-state index contributed by atoms with van der Waals surface area (Å²) >= 11 is 9.93. The van der Waals surface area contributed by atoms with Gasteiger partial charge in [0.2, 0.25) is 0 Å². The van der Waals surface area contributed by atoms with E-state index in [-0.39, 0.29) is 18.6 Å². The molecule has 3 atom stereocenters. The van der Waals surface area contributed by atoms with E-state index in [1.54, 1.807) is 87.2 Å². The number of benzene rings is 5. The molecule has 0 aliphatic rings. The number of halogens is 3. The molecule has 17 nitrogen and oxygen atoms in total. The molecule has 7 rings (SSSR count). The van der Waals surface area contributed by atoms with Gasteiger partial charge in [-0.15, -0.1) is 0 Å². The molecule has 2 N–H and O–H groups in total. The van der Waals surface area contributed by atoms with E-state index in [0.717, 1.165) is 69.8 Å². The minimum atomic E-state index is -1.21. The Morgan fingerprint density at radius 1 is 0.622 bits per heavy atom. The van der Waals surface area contributed by atoms with Crippen LogP contribution in [0, 0.1) is 0 Å². The van der Waals surface area contributed by atoms with E-state index in [9.17, 15) is 29.1 Å². The number of carboxylic acid groups (broad SMARTS) is 2. The average molecular weight is 1330 g/mol. The molecule has 0 spiro atoms. The summed E-state index contributed by atoms with van der Waals surface area (Å²) in [6.45, 7) is 12.1. The van der Waals surface area contributed by atoms with Crippen LogP contribution < -0.4 is 4.74 Å². The van der Waals surface area contributed by atoms with Gasteiger partial charge < -0.3 is 29.2 Å². The van der Waals surface area contributed by atoms with Crippen molar-refractivity contribution in [2.45, 2.75) is 64.4 Å². The van der Waals surface area contributed by atoms with E-state index in [1.165, 1.54) is 0 Å². The zero-order valence-electron chi connectivity index (χ0n) is 48.4. The van der Waals surface area contributed by atoms with Gasteiger partial charge in [0, 0.05) is 56.4 Å². The second-order valence-electron chi connectivity index (χ2n) is 20.3. The highest BCUT2D eigenvalue weighted by Crippen LogP contribution is 2.36. The van der Waals surface area contributed by atoms with Gasteiger partial charge in [0.05, 0.1) is 20.3 Å². The maximum Gasteiger partial charge on any atom is 0.379 e. The second-order valence-corrected chi connectivity index (χ2v) is 28.7. The molecular formula is C61H73Br3N6O11Si. The molecule has 7 aromatic rings. The molecular weight excluding hydrogens is 1260 g/mol. The highest BCUT2D eigenvalue weighted by atomic mass is 79.9. The lowest BCUT2D eigenvalue weighted by molar-refractivity contribution is -0.149. The number of rotatable bonds is 21. The SMILES string of the molecule is CCOC(=O)C(=O)c1cccc(Br)c1.CCOC(=O)C(c1cccc(Br)c1)N(C)C.CN(C)C(C(=O)O)c1cccc(Br)c1.COc1ccccc1-c1nn(COCC[Si](C)(C)C)c2ncc(-c3cccc(C(C(=O)O)N(C)C)c3)cc12. The van der Waals surface area contributed by atoms with Crippen molar-refractivity contribution in [2.75, 3.05) is 69.2 Å². The van der Waals surface area contributed by atoms with Gasteiger partial charge in [-0.05, 0) is 145 Å². The van der Waals surface area contributed by atoms with Crippen LogP contribution in [0.5, 0.6) is 5.75 Å². The first-order valence-corrected chi connectivity index (χ1v) is 32.2. The minimum Gasteiger partial charge on any atom is -0.496 e. The topological polar surface area (TPSA) is 203 Å². The number of nitrogens with zero attached hydrogens (tertiary/aromatic N) is 6. The van der Waals surface area contributed by atoms with Gasteiger partial charge in [0.1, 0.15) is 36.3 Å². The molecule has 0 fully saturated rings. The molecule has 0 aliphatic carbocycles. The molecule has 5 aromatic carbocycles. The number of carbonyl (C=O) groups is 5. The van der Waals surface area contributed by atoms with Gasteiger partial charge in [-0.2, -0.15) is 5.10 Å². The number of esters is 2. The summed E-state index contributed by atoms with van der Waals surface area (Å²) in [4.78, 5) is 67.2. The normalized spacial score (nSPS) is 12.2. The first kappa shape index (κ1) is 68.1. The average Bonchev–Trinajstić information content (AvgIpc) is 3.77. The zero-order chi connectivity index (χ0) is 60.8. The van der Waals surface area contributed by atoms with Crippen molar-refractivity contribution in [2.24, 2.45) is 0 Å². The van der Waals surface area contributed by atoms with Crippen molar-refractivity contribution >= 4 is 96.6 Å². The van der Waals surface area contributed by atoms with Crippen LogP contribution in [0.2, 0.25) is 25.7 Å². The number of likely N-dealkylation sites (N-methyl/N-ethyl adjacent to an activating group) is 3. The number of hydrogen-bond donors (Lipinski definition) is 2. The predicted octanol–water partition coefficient (Wildman–Crippen LogP) is 12.7. The number of aromatic nitrogens is 3. The molecule has 82 heavy (non-hydrogen) atoms. The van der Waals surface area contributed by atoms with Crippen LogP contribution in [0.4, 0.5) is 0 Å². The Bertz CT molecular complexity index is 3260. The summed E-state index contributed by atoms with van der Waals surface area (Å²) in [5.41, 5.74) is 6.84. The first-order chi connectivity index (χ1) is 38.8. The zero-order valence-corrected chi connectivity index (χ0v) is 54.1. The number of aliphatic carboxylic acids is 2. The Kier molecular flexibility index (Phi) is 27.4. The molecule has 21 heteroatoms. The van der Waals surface area contributed by atoms with Gasteiger partial charge in [-0.25, -0.2) is 19.3 Å². The van der Waals surface area contributed by atoms with Gasteiger partial charge in [0.25, 0.3) is 5.78 Å². The fraction of sp³-hybridized carbons (Fsp3) is 0.328. The number of methoxy groups -OCH3 is 1. The van der Waals surface area contributed by atoms with E-state index in [0.29, 0.717) is 31.1 Å². The molecule has 0 amide bonds. The number of hydrogen-bond acceptors (Lipinski definition) is 14. The van der Waals surface area contributed by atoms with Gasteiger partial charge in [0.15, 0.2) is 5.65 Å². The van der Waals surface area contributed by atoms with Crippen LogP contribution in [0.15, 0.2) is 147 Å². The lowest BCUT2D eigenvalue weighted by atomic mass is 9.98. The van der Waals surface area contributed by atoms with Crippen LogP contribution in [0.25, 0.3) is 33.4 Å². The molecule has 0 saturated carbocycles. The molecule has 3 unspecified atom stereocenters. The summed E-state index contributed by atoms with van der Waals surface area (Å²) in [7, 11) is 11.2. The van der Waals surface area contributed by atoms with E-state index in [1.807, 2.05) is 123 Å². The highest BCUT2D eigenvalue weighted by Gasteiger charge is 2.26. The van der Waals surface area contributed by atoms with E-state index in [4.69, 9.17) is 29.4 Å². The number of fused-ring (bicyclic) bond motifs is 1. The Hall–Kier alpha value is -6.43. The van der Waals surface area contributed by atoms with Crippen LogP contribution >= 0.6 is 47.8 Å². The number of carbonyl (C=O) groups excluding carboxylic acids is 3. The van der Waals surface area contributed by atoms with Crippen molar-refractivity contribution in [1.82, 2.24) is 29.5 Å². The van der Waals surface area contributed by atoms with Crippen molar-refractivity contribution in [3.8, 4) is 28.1 Å². The lowest BCUT2D eigenvalue weighted by Crippen LogP contribution is -2.29. The Balaban J connectivity index is 0.000000270. The Labute approximate surface area is 506 Å². The summed E-state index contributed by atoms with van der Waals surface area (Å²) in [5, 5.41) is 24.6.